The highest BCUT2D eigenvalue weighted by Crippen LogP contribution is 2.19. The van der Waals surface area contributed by atoms with E-state index in [2.05, 4.69) is 6.07 Å². The highest BCUT2D eigenvalue weighted by Gasteiger charge is 2.16. The Bertz CT molecular complexity index is 652. The zero-order valence-corrected chi connectivity index (χ0v) is 11.8. The molecule has 2 aromatic rings. The molecule has 0 aromatic heterocycles. The summed E-state index contributed by atoms with van der Waals surface area (Å²) in [6.07, 6.45) is 0.728. The molecule has 0 radical (unpaired) electrons. The second-order valence-electron chi connectivity index (χ2n) is 5.03. The third-order valence-corrected chi connectivity index (χ3v) is 3.66. The molecular weight excluding hydrogens is 248 g/mol. The van der Waals surface area contributed by atoms with Gasteiger partial charge in [-0.3, -0.25) is 4.79 Å². The van der Waals surface area contributed by atoms with Crippen LogP contribution in [0.3, 0.4) is 0 Å². The Morgan fingerprint density at radius 2 is 1.95 bits per heavy atom. The first-order valence-electron chi connectivity index (χ1n) is 6.72. The molecule has 1 unspecified atom stereocenters. The Hall–Kier alpha value is -2.34. The van der Waals surface area contributed by atoms with Gasteiger partial charge in [0.1, 0.15) is 0 Å². The fourth-order valence-corrected chi connectivity index (χ4v) is 2.25. The third-order valence-electron chi connectivity index (χ3n) is 3.66. The molecule has 1 amide bonds. The molecule has 0 saturated carbocycles. The molecule has 0 aliphatic carbocycles. The molecule has 3 heteroatoms. The SMILES string of the molecule is CC(CC#N)N(C)C(=O)Cc1cccc2ccccc12. The van der Waals surface area contributed by atoms with Crippen molar-refractivity contribution in [2.24, 2.45) is 0 Å². The third kappa shape index (κ3) is 2.97. The number of hydrogen-bond acceptors (Lipinski definition) is 2. The summed E-state index contributed by atoms with van der Waals surface area (Å²) in [6, 6.07) is 16.1. The second kappa shape index (κ2) is 6.21. The van der Waals surface area contributed by atoms with Gasteiger partial charge in [-0.25, -0.2) is 0 Å². The van der Waals surface area contributed by atoms with Gasteiger partial charge in [0, 0.05) is 13.1 Å². The predicted octanol–water partition coefficient (Wildman–Crippen LogP) is 3.14. The average Bonchev–Trinajstić information content (AvgIpc) is 2.47. The number of nitriles is 1. The van der Waals surface area contributed by atoms with Crippen LogP contribution in [0, 0.1) is 11.3 Å². The Morgan fingerprint density at radius 1 is 1.25 bits per heavy atom. The van der Waals surface area contributed by atoms with Crippen molar-refractivity contribution in [2.45, 2.75) is 25.8 Å². The van der Waals surface area contributed by atoms with E-state index in [1.165, 1.54) is 0 Å². The zero-order chi connectivity index (χ0) is 14.5. The van der Waals surface area contributed by atoms with Gasteiger partial charge >= 0.3 is 0 Å². The van der Waals surface area contributed by atoms with Crippen molar-refractivity contribution in [3.8, 4) is 6.07 Å². The first-order valence-corrected chi connectivity index (χ1v) is 6.72. The van der Waals surface area contributed by atoms with Gasteiger partial charge in [-0.15, -0.1) is 0 Å². The van der Waals surface area contributed by atoms with Crippen molar-refractivity contribution in [1.29, 1.82) is 5.26 Å². The van der Waals surface area contributed by atoms with Gasteiger partial charge in [0.2, 0.25) is 5.91 Å². The molecule has 0 spiro atoms. The molecule has 20 heavy (non-hydrogen) atoms. The van der Waals surface area contributed by atoms with Gasteiger partial charge < -0.3 is 4.90 Å². The molecule has 0 fully saturated rings. The van der Waals surface area contributed by atoms with Crippen LogP contribution in [0.1, 0.15) is 18.9 Å². The number of benzene rings is 2. The Balaban J connectivity index is 2.20. The summed E-state index contributed by atoms with van der Waals surface area (Å²) in [5, 5.41) is 11.0. The van der Waals surface area contributed by atoms with Crippen molar-refractivity contribution < 1.29 is 4.79 Å². The van der Waals surface area contributed by atoms with Gasteiger partial charge in [0.05, 0.1) is 18.9 Å². The fraction of sp³-hybridized carbons (Fsp3) is 0.294. The van der Waals surface area contributed by atoms with Crippen LogP contribution in [0.2, 0.25) is 0 Å². The van der Waals surface area contributed by atoms with Crippen LogP contribution >= 0.6 is 0 Å². The summed E-state index contributed by atoms with van der Waals surface area (Å²) in [5.74, 6) is 0.0455. The van der Waals surface area contributed by atoms with Crippen molar-refractivity contribution in [1.82, 2.24) is 4.90 Å². The van der Waals surface area contributed by atoms with E-state index in [1.54, 1.807) is 11.9 Å². The normalized spacial score (nSPS) is 11.8. The van der Waals surface area contributed by atoms with E-state index in [9.17, 15) is 4.79 Å². The van der Waals surface area contributed by atoms with Crippen LogP contribution in [0.15, 0.2) is 42.5 Å². The van der Waals surface area contributed by atoms with Crippen LogP contribution in [-0.4, -0.2) is 23.9 Å². The number of hydrogen-bond donors (Lipinski definition) is 0. The highest BCUT2D eigenvalue weighted by molar-refractivity contribution is 5.90. The van der Waals surface area contributed by atoms with Crippen LogP contribution in [-0.2, 0) is 11.2 Å². The van der Waals surface area contributed by atoms with Gasteiger partial charge in [-0.1, -0.05) is 42.5 Å². The lowest BCUT2D eigenvalue weighted by atomic mass is 10.0. The number of likely N-dealkylation sites (N-methyl/N-ethyl adjacent to an activating group) is 1. The second-order valence-corrected chi connectivity index (χ2v) is 5.03. The van der Waals surface area contributed by atoms with E-state index in [-0.39, 0.29) is 11.9 Å². The Morgan fingerprint density at radius 3 is 2.70 bits per heavy atom. The van der Waals surface area contributed by atoms with Crippen LogP contribution in [0.5, 0.6) is 0 Å². The quantitative estimate of drug-likeness (QED) is 0.853. The topological polar surface area (TPSA) is 44.1 Å². The minimum atomic E-state index is -0.0533. The number of amides is 1. The minimum absolute atomic E-state index is 0.0455. The van der Waals surface area contributed by atoms with Gasteiger partial charge in [-0.2, -0.15) is 5.26 Å². The molecule has 0 saturated heterocycles. The number of rotatable bonds is 4. The molecular formula is C17H18N2O. The average molecular weight is 266 g/mol. The molecule has 0 aliphatic heterocycles. The standard InChI is InChI=1S/C17H18N2O/c1-13(10-11-18)19(2)17(20)12-15-8-5-7-14-6-3-4-9-16(14)15/h3-9,13H,10,12H2,1-2H3. The molecule has 3 nitrogen and oxygen atoms in total. The van der Waals surface area contributed by atoms with Gasteiger partial charge in [0.15, 0.2) is 0 Å². The summed E-state index contributed by atoms with van der Waals surface area (Å²) in [4.78, 5) is 13.9. The number of fused-ring (bicyclic) bond motifs is 1. The number of nitrogens with zero attached hydrogens (tertiary/aromatic N) is 2. The van der Waals surface area contributed by atoms with Crippen LogP contribution in [0.25, 0.3) is 10.8 Å². The lowest BCUT2D eigenvalue weighted by Gasteiger charge is -2.23. The first kappa shape index (κ1) is 14.1. The van der Waals surface area contributed by atoms with Crippen molar-refractivity contribution in [2.75, 3.05) is 7.05 Å². The lowest BCUT2D eigenvalue weighted by Crippen LogP contribution is -2.35. The predicted molar refractivity (Wildman–Crippen MR) is 80.1 cm³/mol. The molecule has 1 atom stereocenters. The van der Waals surface area contributed by atoms with E-state index < -0.39 is 0 Å². The van der Waals surface area contributed by atoms with E-state index in [4.69, 9.17) is 5.26 Å². The molecule has 0 heterocycles. The monoisotopic (exact) mass is 266 g/mol. The fourth-order valence-electron chi connectivity index (χ4n) is 2.25. The summed E-state index contributed by atoms with van der Waals surface area (Å²) < 4.78 is 0. The van der Waals surface area contributed by atoms with E-state index in [0.717, 1.165) is 16.3 Å². The lowest BCUT2D eigenvalue weighted by molar-refractivity contribution is -0.130. The maximum absolute atomic E-state index is 12.3. The van der Waals surface area contributed by atoms with Crippen molar-refractivity contribution in [3.05, 3.63) is 48.0 Å². The molecule has 102 valence electrons. The first-order chi connectivity index (χ1) is 9.63. The van der Waals surface area contributed by atoms with Gasteiger partial charge in [0.25, 0.3) is 0 Å². The summed E-state index contributed by atoms with van der Waals surface area (Å²) in [6.45, 7) is 1.89. The van der Waals surface area contributed by atoms with Crippen LogP contribution in [0.4, 0.5) is 0 Å². The number of carbonyl (C=O) groups excluding carboxylic acids is 1. The minimum Gasteiger partial charge on any atom is -0.342 e. The molecule has 2 rings (SSSR count). The van der Waals surface area contributed by atoms with E-state index in [1.807, 2.05) is 49.4 Å². The van der Waals surface area contributed by atoms with E-state index in [0.29, 0.717) is 12.8 Å². The molecule has 0 aliphatic rings. The van der Waals surface area contributed by atoms with Gasteiger partial charge in [-0.05, 0) is 23.3 Å². The Labute approximate surface area is 119 Å². The number of carbonyl (C=O) groups is 1. The largest absolute Gasteiger partial charge is 0.342 e. The smallest absolute Gasteiger partial charge is 0.227 e. The maximum Gasteiger partial charge on any atom is 0.227 e. The Kier molecular flexibility index (Phi) is 4.37. The van der Waals surface area contributed by atoms with Crippen molar-refractivity contribution in [3.63, 3.8) is 0 Å². The highest BCUT2D eigenvalue weighted by atomic mass is 16.2. The summed E-state index contributed by atoms with van der Waals surface area (Å²) in [7, 11) is 1.76. The zero-order valence-electron chi connectivity index (χ0n) is 11.8. The van der Waals surface area contributed by atoms with E-state index >= 15 is 0 Å². The van der Waals surface area contributed by atoms with Crippen molar-refractivity contribution >= 4 is 16.7 Å². The molecule has 2 aromatic carbocycles. The summed E-state index contributed by atoms with van der Waals surface area (Å²) in [5.41, 5.74) is 1.03. The molecule has 0 N–H and O–H groups in total. The van der Waals surface area contributed by atoms with Crippen LogP contribution < -0.4 is 0 Å². The maximum atomic E-state index is 12.3. The molecule has 0 bridgehead atoms. The summed E-state index contributed by atoms with van der Waals surface area (Å²) >= 11 is 0.